The first-order chi connectivity index (χ1) is 8.37. The van der Waals surface area contributed by atoms with Gasteiger partial charge in [-0.05, 0) is 23.8 Å². The number of hydrogen-bond donors (Lipinski definition) is 0. The van der Waals surface area contributed by atoms with Crippen molar-refractivity contribution in [3.05, 3.63) is 41.2 Å². The van der Waals surface area contributed by atoms with Crippen LogP contribution < -0.4 is 0 Å². The molecule has 0 saturated carbocycles. The molecule has 94 valence electrons. The topological polar surface area (TPSA) is 52.6 Å². The fraction of sp³-hybridized carbons (Fsp3) is 0.231. The number of esters is 2. The van der Waals surface area contributed by atoms with E-state index in [2.05, 4.69) is 0 Å². The lowest BCUT2D eigenvalue weighted by Crippen LogP contribution is -2.41. The van der Waals surface area contributed by atoms with Crippen LogP contribution in [0.1, 0.15) is 19.4 Å². The normalized spacial score (nSPS) is 18.1. The fourth-order valence-electron chi connectivity index (χ4n) is 1.50. The number of rotatable bonds is 1. The Morgan fingerprint density at radius 3 is 2.06 bits per heavy atom. The van der Waals surface area contributed by atoms with Gasteiger partial charge in [-0.1, -0.05) is 12.1 Å². The second-order valence-corrected chi connectivity index (χ2v) is 4.29. The van der Waals surface area contributed by atoms with Crippen molar-refractivity contribution in [2.45, 2.75) is 19.6 Å². The quantitative estimate of drug-likeness (QED) is 0.435. The maximum Gasteiger partial charge on any atom is 0.348 e. The number of ether oxygens (including phenoxy) is 2. The van der Waals surface area contributed by atoms with Crippen molar-refractivity contribution in [1.29, 1.82) is 0 Å². The van der Waals surface area contributed by atoms with E-state index in [-0.39, 0.29) is 5.57 Å². The van der Waals surface area contributed by atoms with Gasteiger partial charge in [-0.15, -0.1) is 0 Å². The maximum absolute atomic E-state index is 12.7. The summed E-state index contributed by atoms with van der Waals surface area (Å²) in [6, 6.07) is 5.36. The smallest absolute Gasteiger partial charge is 0.348 e. The summed E-state index contributed by atoms with van der Waals surface area (Å²) in [6.07, 6.45) is 1.30. The number of carbonyl (C=O) groups is 2. The Hall–Kier alpha value is -2.17. The summed E-state index contributed by atoms with van der Waals surface area (Å²) in [7, 11) is 0. The molecular weight excluding hydrogens is 239 g/mol. The van der Waals surface area contributed by atoms with Gasteiger partial charge in [0.25, 0.3) is 5.79 Å². The fourth-order valence-corrected chi connectivity index (χ4v) is 1.50. The molecule has 1 saturated heterocycles. The minimum absolute atomic E-state index is 0.207. The summed E-state index contributed by atoms with van der Waals surface area (Å²) in [5.74, 6) is -3.15. The van der Waals surface area contributed by atoms with Crippen molar-refractivity contribution < 1.29 is 23.5 Å². The predicted octanol–water partition coefficient (Wildman–Crippen LogP) is 2.05. The van der Waals surface area contributed by atoms with Gasteiger partial charge in [0.05, 0.1) is 0 Å². The monoisotopic (exact) mass is 250 g/mol. The molecule has 18 heavy (non-hydrogen) atoms. The van der Waals surface area contributed by atoms with E-state index in [0.29, 0.717) is 5.56 Å². The standard InChI is InChI=1S/C13H11FO4/c1-13(2)17-11(15)10(12(16)18-13)7-8-3-5-9(14)6-4-8/h3-7H,1-2H3. The molecule has 0 spiro atoms. The molecule has 1 aliphatic heterocycles. The van der Waals surface area contributed by atoms with Gasteiger partial charge in [0.1, 0.15) is 11.4 Å². The molecule has 1 aromatic carbocycles. The van der Waals surface area contributed by atoms with Crippen LogP contribution in [0.15, 0.2) is 29.8 Å². The first-order valence-corrected chi connectivity index (χ1v) is 5.31. The zero-order valence-electron chi connectivity index (χ0n) is 9.90. The average molecular weight is 250 g/mol. The molecule has 0 radical (unpaired) electrons. The third-order valence-corrected chi connectivity index (χ3v) is 2.30. The first kappa shape index (κ1) is 12.3. The van der Waals surface area contributed by atoms with E-state index in [9.17, 15) is 14.0 Å². The van der Waals surface area contributed by atoms with E-state index in [1.54, 1.807) is 0 Å². The van der Waals surface area contributed by atoms with Crippen LogP contribution >= 0.6 is 0 Å². The Labute approximate surface area is 103 Å². The highest BCUT2D eigenvalue weighted by Gasteiger charge is 2.38. The van der Waals surface area contributed by atoms with Crippen LogP contribution in [0.5, 0.6) is 0 Å². The van der Waals surface area contributed by atoms with E-state index in [1.165, 1.54) is 44.2 Å². The lowest BCUT2D eigenvalue weighted by Gasteiger charge is -2.29. The highest BCUT2D eigenvalue weighted by Crippen LogP contribution is 2.24. The van der Waals surface area contributed by atoms with Gasteiger partial charge >= 0.3 is 11.9 Å². The van der Waals surface area contributed by atoms with Crippen molar-refractivity contribution in [3.63, 3.8) is 0 Å². The lowest BCUT2D eigenvalue weighted by atomic mass is 10.1. The van der Waals surface area contributed by atoms with Crippen LogP contribution in [0.3, 0.4) is 0 Å². The number of hydrogen-bond acceptors (Lipinski definition) is 4. The zero-order chi connectivity index (χ0) is 13.3. The van der Waals surface area contributed by atoms with Crippen LogP contribution in [0.4, 0.5) is 4.39 Å². The van der Waals surface area contributed by atoms with E-state index < -0.39 is 23.5 Å². The highest BCUT2D eigenvalue weighted by molar-refractivity contribution is 6.18. The van der Waals surface area contributed by atoms with Gasteiger partial charge < -0.3 is 9.47 Å². The third-order valence-electron chi connectivity index (χ3n) is 2.30. The Balaban J connectivity index is 2.30. The molecule has 0 atom stereocenters. The number of benzene rings is 1. The van der Waals surface area contributed by atoms with E-state index >= 15 is 0 Å². The molecule has 1 fully saturated rings. The van der Waals surface area contributed by atoms with Gasteiger partial charge in [-0.3, -0.25) is 0 Å². The molecule has 4 nitrogen and oxygen atoms in total. The summed E-state index contributed by atoms with van der Waals surface area (Å²) < 4.78 is 22.6. The summed E-state index contributed by atoms with van der Waals surface area (Å²) in [6.45, 7) is 2.94. The van der Waals surface area contributed by atoms with Crippen molar-refractivity contribution in [1.82, 2.24) is 0 Å². The molecule has 5 heteroatoms. The van der Waals surface area contributed by atoms with Crippen LogP contribution in [0.2, 0.25) is 0 Å². The number of cyclic esters (lactones) is 2. The van der Waals surface area contributed by atoms with Crippen molar-refractivity contribution in [2.24, 2.45) is 0 Å². The van der Waals surface area contributed by atoms with Crippen molar-refractivity contribution in [2.75, 3.05) is 0 Å². The second kappa shape index (κ2) is 4.25. The van der Waals surface area contributed by atoms with Gasteiger partial charge in [0.2, 0.25) is 0 Å². The minimum Gasteiger partial charge on any atom is -0.419 e. The third kappa shape index (κ3) is 2.56. The van der Waals surface area contributed by atoms with Crippen molar-refractivity contribution >= 4 is 18.0 Å². The predicted molar refractivity (Wildman–Crippen MR) is 60.6 cm³/mol. The van der Waals surface area contributed by atoms with Gasteiger partial charge in [0, 0.05) is 13.8 Å². The van der Waals surface area contributed by atoms with Crippen LogP contribution in [0, 0.1) is 5.82 Å². The minimum atomic E-state index is -1.26. The molecule has 1 aliphatic rings. The van der Waals surface area contributed by atoms with E-state index in [1.807, 2.05) is 0 Å². The molecule has 0 unspecified atom stereocenters. The molecule has 2 rings (SSSR count). The molecule has 0 aromatic heterocycles. The molecular formula is C13H11FO4. The highest BCUT2D eigenvalue weighted by atomic mass is 19.1. The Morgan fingerprint density at radius 2 is 1.56 bits per heavy atom. The second-order valence-electron chi connectivity index (χ2n) is 4.29. The maximum atomic E-state index is 12.7. The molecule has 0 bridgehead atoms. The van der Waals surface area contributed by atoms with Crippen LogP contribution in [-0.2, 0) is 19.1 Å². The summed E-state index contributed by atoms with van der Waals surface area (Å²) in [5, 5.41) is 0. The van der Waals surface area contributed by atoms with Crippen LogP contribution in [0.25, 0.3) is 6.08 Å². The van der Waals surface area contributed by atoms with Gasteiger partial charge in [0.15, 0.2) is 0 Å². The lowest BCUT2D eigenvalue weighted by molar-refractivity contribution is -0.222. The van der Waals surface area contributed by atoms with Crippen molar-refractivity contribution in [3.8, 4) is 0 Å². The number of carbonyl (C=O) groups excluding carboxylic acids is 2. The largest absolute Gasteiger partial charge is 0.419 e. The summed E-state index contributed by atoms with van der Waals surface area (Å²) >= 11 is 0. The van der Waals surface area contributed by atoms with E-state index in [0.717, 1.165) is 0 Å². The molecule has 0 amide bonds. The molecule has 0 N–H and O–H groups in total. The zero-order valence-corrected chi connectivity index (χ0v) is 9.90. The molecule has 0 aliphatic carbocycles. The molecule has 1 aromatic rings. The average Bonchev–Trinajstić information content (AvgIpc) is 2.24. The Morgan fingerprint density at radius 1 is 1.06 bits per heavy atom. The first-order valence-electron chi connectivity index (χ1n) is 5.31. The number of halogens is 1. The van der Waals surface area contributed by atoms with Gasteiger partial charge in [-0.25, -0.2) is 14.0 Å². The van der Waals surface area contributed by atoms with E-state index in [4.69, 9.17) is 9.47 Å². The van der Waals surface area contributed by atoms with Crippen LogP contribution in [-0.4, -0.2) is 17.7 Å². The Kier molecular flexibility index (Phi) is 2.90. The van der Waals surface area contributed by atoms with Gasteiger partial charge in [-0.2, -0.15) is 0 Å². The Bertz CT molecular complexity index is 506. The SMILES string of the molecule is CC1(C)OC(=O)C(=Cc2ccc(F)cc2)C(=O)O1. The molecule has 1 heterocycles. The summed E-state index contributed by atoms with van der Waals surface area (Å²) in [4.78, 5) is 23.3. The summed E-state index contributed by atoms with van der Waals surface area (Å²) in [5.41, 5.74) is 0.306.